The second-order valence-corrected chi connectivity index (χ2v) is 3.41. The van der Waals surface area contributed by atoms with Crippen LogP contribution in [0.1, 0.15) is 15.9 Å². The van der Waals surface area contributed by atoms with E-state index in [0.717, 1.165) is 6.07 Å². The van der Waals surface area contributed by atoms with Crippen LogP contribution in [0.3, 0.4) is 0 Å². The fourth-order valence-electron chi connectivity index (χ4n) is 1.27. The first kappa shape index (κ1) is 12.4. The topological polar surface area (TPSA) is 63.6 Å². The predicted molar refractivity (Wildman–Crippen MR) is 54.7 cm³/mol. The van der Waals surface area contributed by atoms with E-state index >= 15 is 0 Å². The number of Topliss-reactive ketones (excluding diaryl/α,β-unsaturated/α-hetero) is 1. The lowest BCUT2D eigenvalue weighted by Gasteiger charge is -2.11. The first-order valence-corrected chi connectivity index (χ1v) is 4.58. The Labute approximate surface area is 95.6 Å². The molecule has 0 amide bonds. The van der Waals surface area contributed by atoms with E-state index in [1.807, 2.05) is 0 Å². The van der Waals surface area contributed by atoms with E-state index in [4.69, 9.17) is 21.4 Å². The summed E-state index contributed by atoms with van der Waals surface area (Å²) in [6.45, 7) is 1.28. The van der Waals surface area contributed by atoms with Gasteiger partial charge >= 0.3 is 5.97 Å². The Morgan fingerprint density at radius 2 is 2.06 bits per heavy atom. The first-order valence-electron chi connectivity index (χ1n) is 4.20. The molecular weight excluding hydrogens is 239 g/mol. The molecule has 6 heteroatoms. The van der Waals surface area contributed by atoms with Gasteiger partial charge in [-0.1, -0.05) is 11.6 Å². The molecule has 0 aliphatic rings. The van der Waals surface area contributed by atoms with E-state index in [0.29, 0.717) is 0 Å². The van der Waals surface area contributed by atoms with Gasteiger partial charge in [-0.05, 0) is 18.6 Å². The highest BCUT2D eigenvalue weighted by atomic mass is 35.5. The SMILES string of the molecule is COc1c(Cl)cc(F)c(C)c1C(=O)C(=O)O. The summed E-state index contributed by atoms with van der Waals surface area (Å²) < 4.78 is 18.1. The molecule has 0 bridgehead atoms. The third kappa shape index (κ3) is 1.99. The molecule has 1 rings (SSSR count). The minimum atomic E-state index is -1.69. The van der Waals surface area contributed by atoms with Crippen LogP contribution < -0.4 is 4.74 Å². The van der Waals surface area contributed by atoms with Crippen LogP contribution in [0.4, 0.5) is 4.39 Å². The first-order chi connectivity index (χ1) is 7.40. The van der Waals surface area contributed by atoms with E-state index in [1.165, 1.54) is 14.0 Å². The van der Waals surface area contributed by atoms with E-state index < -0.39 is 17.6 Å². The molecule has 0 saturated carbocycles. The van der Waals surface area contributed by atoms with Gasteiger partial charge in [0.25, 0.3) is 5.78 Å². The fourth-order valence-corrected chi connectivity index (χ4v) is 1.54. The van der Waals surface area contributed by atoms with Crippen LogP contribution in [0, 0.1) is 12.7 Å². The van der Waals surface area contributed by atoms with Crippen molar-refractivity contribution in [1.29, 1.82) is 0 Å². The molecule has 0 atom stereocenters. The molecule has 1 N–H and O–H groups in total. The van der Waals surface area contributed by atoms with Gasteiger partial charge in [-0.3, -0.25) is 4.79 Å². The highest BCUT2D eigenvalue weighted by molar-refractivity contribution is 6.42. The number of halogens is 2. The number of aliphatic carboxylic acids is 1. The number of carbonyl (C=O) groups excluding carboxylic acids is 1. The number of hydrogen-bond donors (Lipinski definition) is 1. The second kappa shape index (κ2) is 4.49. The summed E-state index contributed by atoms with van der Waals surface area (Å²) in [7, 11) is 1.22. The van der Waals surface area contributed by atoms with Crippen LogP contribution >= 0.6 is 11.6 Å². The lowest BCUT2D eigenvalue weighted by molar-refractivity contribution is -0.131. The fraction of sp³-hybridized carbons (Fsp3) is 0.200. The van der Waals surface area contributed by atoms with Crippen molar-refractivity contribution in [3.63, 3.8) is 0 Å². The maximum atomic E-state index is 13.3. The summed E-state index contributed by atoms with van der Waals surface area (Å²) in [6, 6.07) is 0.967. The standard InChI is InChI=1S/C10H8ClFO4/c1-4-6(12)3-5(11)9(16-2)7(4)8(13)10(14)15/h3H,1-2H3,(H,14,15). The predicted octanol–water partition coefficient (Wildman–Crippen LogP) is 2.06. The van der Waals surface area contributed by atoms with Crippen LogP contribution in [-0.2, 0) is 4.79 Å². The zero-order valence-electron chi connectivity index (χ0n) is 8.51. The minimum absolute atomic E-state index is 0.103. The summed E-state index contributed by atoms with van der Waals surface area (Å²) in [6.07, 6.45) is 0. The average Bonchev–Trinajstić information content (AvgIpc) is 2.21. The van der Waals surface area contributed by atoms with Crippen molar-refractivity contribution in [2.24, 2.45) is 0 Å². The highest BCUT2D eigenvalue weighted by Crippen LogP contribution is 2.33. The number of carboxylic acid groups (broad SMARTS) is 1. The van der Waals surface area contributed by atoms with Crippen molar-refractivity contribution in [2.75, 3.05) is 7.11 Å². The van der Waals surface area contributed by atoms with Crippen molar-refractivity contribution < 1.29 is 23.8 Å². The number of ether oxygens (including phenoxy) is 1. The Kier molecular flexibility index (Phi) is 3.49. The molecule has 0 aromatic heterocycles. The third-order valence-electron chi connectivity index (χ3n) is 2.06. The average molecular weight is 247 g/mol. The molecule has 4 nitrogen and oxygen atoms in total. The molecule has 1 aromatic carbocycles. The van der Waals surface area contributed by atoms with E-state index in [9.17, 15) is 14.0 Å². The largest absolute Gasteiger partial charge is 0.494 e. The number of ketones is 1. The second-order valence-electron chi connectivity index (χ2n) is 3.01. The van der Waals surface area contributed by atoms with Gasteiger partial charge in [-0.2, -0.15) is 0 Å². The Bertz CT molecular complexity index is 470. The Hall–Kier alpha value is -1.62. The lowest BCUT2D eigenvalue weighted by atomic mass is 10.0. The minimum Gasteiger partial charge on any atom is -0.494 e. The molecule has 0 unspecified atom stereocenters. The van der Waals surface area contributed by atoms with Crippen LogP contribution in [-0.4, -0.2) is 24.0 Å². The van der Waals surface area contributed by atoms with Crippen molar-refractivity contribution in [3.8, 4) is 5.75 Å². The maximum Gasteiger partial charge on any atom is 0.377 e. The number of benzene rings is 1. The molecule has 0 spiro atoms. The van der Waals surface area contributed by atoms with Gasteiger partial charge in [0, 0.05) is 0 Å². The van der Waals surface area contributed by atoms with Crippen molar-refractivity contribution >= 4 is 23.4 Å². The number of hydrogen-bond acceptors (Lipinski definition) is 3. The molecule has 0 aliphatic heterocycles. The van der Waals surface area contributed by atoms with Gasteiger partial charge in [0.2, 0.25) is 0 Å². The number of methoxy groups -OCH3 is 1. The van der Waals surface area contributed by atoms with E-state index in [1.54, 1.807) is 0 Å². The van der Waals surface area contributed by atoms with Gasteiger partial charge in [0.15, 0.2) is 0 Å². The third-order valence-corrected chi connectivity index (χ3v) is 2.34. The van der Waals surface area contributed by atoms with Crippen LogP contribution in [0.2, 0.25) is 5.02 Å². The Balaban J connectivity index is 3.57. The van der Waals surface area contributed by atoms with Gasteiger partial charge in [-0.15, -0.1) is 0 Å². The molecule has 1 aromatic rings. The summed E-state index contributed by atoms with van der Waals surface area (Å²) in [5.41, 5.74) is -0.464. The Morgan fingerprint density at radius 1 is 1.50 bits per heavy atom. The smallest absolute Gasteiger partial charge is 0.377 e. The van der Waals surface area contributed by atoms with E-state index in [2.05, 4.69) is 0 Å². The van der Waals surface area contributed by atoms with Gasteiger partial charge in [0.1, 0.15) is 11.6 Å². The van der Waals surface area contributed by atoms with Crippen LogP contribution in [0.15, 0.2) is 6.07 Å². The molecule has 0 aliphatic carbocycles. The zero-order chi connectivity index (χ0) is 12.5. The number of carboxylic acids is 1. The van der Waals surface area contributed by atoms with E-state index in [-0.39, 0.29) is 21.9 Å². The number of carbonyl (C=O) groups is 2. The maximum absolute atomic E-state index is 13.3. The van der Waals surface area contributed by atoms with Gasteiger partial charge in [-0.25, -0.2) is 9.18 Å². The molecule has 0 saturated heterocycles. The molecular formula is C10H8ClFO4. The van der Waals surface area contributed by atoms with Gasteiger partial charge in [0.05, 0.1) is 17.7 Å². The molecule has 16 heavy (non-hydrogen) atoms. The molecule has 86 valence electrons. The highest BCUT2D eigenvalue weighted by Gasteiger charge is 2.25. The lowest BCUT2D eigenvalue weighted by Crippen LogP contribution is -2.16. The summed E-state index contributed by atoms with van der Waals surface area (Å²) in [5.74, 6) is -3.83. The summed E-state index contributed by atoms with van der Waals surface area (Å²) in [5, 5.41) is 8.45. The van der Waals surface area contributed by atoms with Crippen molar-refractivity contribution in [2.45, 2.75) is 6.92 Å². The quantitative estimate of drug-likeness (QED) is 0.655. The monoisotopic (exact) mass is 246 g/mol. The molecule has 0 radical (unpaired) electrons. The number of rotatable bonds is 3. The van der Waals surface area contributed by atoms with Crippen LogP contribution in [0.25, 0.3) is 0 Å². The van der Waals surface area contributed by atoms with Crippen molar-refractivity contribution in [1.82, 2.24) is 0 Å². The summed E-state index contributed by atoms with van der Waals surface area (Å²) >= 11 is 5.65. The molecule has 0 heterocycles. The van der Waals surface area contributed by atoms with Crippen molar-refractivity contribution in [3.05, 3.63) is 28.0 Å². The summed E-state index contributed by atoms with van der Waals surface area (Å²) in [4.78, 5) is 21.9. The Morgan fingerprint density at radius 3 is 2.50 bits per heavy atom. The van der Waals surface area contributed by atoms with Crippen LogP contribution in [0.5, 0.6) is 5.75 Å². The van der Waals surface area contributed by atoms with Gasteiger partial charge < -0.3 is 9.84 Å². The normalized spacial score (nSPS) is 10.0. The molecule has 0 fully saturated rings. The zero-order valence-corrected chi connectivity index (χ0v) is 9.26.